The molecule has 0 atom stereocenters. The van der Waals surface area contributed by atoms with Crippen LogP contribution in [0.25, 0.3) is 52.5 Å². The molecule has 4 heteroatoms. The maximum atomic E-state index is 5.69. The van der Waals surface area contributed by atoms with E-state index in [4.69, 9.17) is 9.40 Å². The topological polar surface area (TPSA) is 26.0 Å². The third-order valence-corrected chi connectivity index (χ3v) is 7.67. The van der Waals surface area contributed by atoms with Crippen LogP contribution >= 0.6 is 22.7 Å². The number of rotatable bonds is 1. The summed E-state index contributed by atoms with van der Waals surface area (Å²) in [6, 6.07) is 15.4. The molecular formula is C25H19NOS2. The molecule has 0 spiro atoms. The summed E-state index contributed by atoms with van der Waals surface area (Å²) in [6.45, 7) is 6.85. The molecule has 0 aliphatic heterocycles. The van der Waals surface area contributed by atoms with Crippen LogP contribution in [0.2, 0.25) is 0 Å². The molecule has 0 unspecified atom stereocenters. The van der Waals surface area contributed by atoms with Crippen LogP contribution in [-0.2, 0) is 5.41 Å². The van der Waals surface area contributed by atoms with E-state index in [1.165, 1.54) is 41.4 Å². The van der Waals surface area contributed by atoms with Crippen molar-refractivity contribution in [3.63, 3.8) is 0 Å². The fourth-order valence-corrected chi connectivity index (χ4v) is 6.41. The van der Waals surface area contributed by atoms with Gasteiger partial charge in [-0.25, -0.2) is 0 Å². The van der Waals surface area contributed by atoms with Crippen LogP contribution in [0.15, 0.2) is 64.7 Å². The van der Waals surface area contributed by atoms with Crippen molar-refractivity contribution in [2.24, 2.45) is 0 Å². The third-order valence-electron chi connectivity index (χ3n) is 5.59. The lowest BCUT2D eigenvalue weighted by Gasteiger charge is -2.21. The minimum absolute atomic E-state index is 0.0735. The Morgan fingerprint density at radius 2 is 1.83 bits per heavy atom. The Kier molecular flexibility index (Phi) is 3.50. The van der Waals surface area contributed by atoms with E-state index in [1.807, 2.05) is 34.9 Å². The van der Waals surface area contributed by atoms with Gasteiger partial charge in [0.15, 0.2) is 0 Å². The van der Waals surface area contributed by atoms with E-state index in [0.29, 0.717) is 0 Å². The fraction of sp³-hybridized carbons (Fsp3) is 0.160. The van der Waals surface area contributed by atoms with E-state index in [-0.39, 0.29) is 5.41 Å². The van der Waals surface area contributed by atoms with E-state index in [9.17, 15) is 0 Å². The molecular weight excluding hydrogens is 394 g/mol. The number of thiophene rings is 2. The first-order valence-corrected chi connectivity index (χ1v) is 11.4. The smallest absolute Gasteiger partial charge is 0.134 e. The van der Waals surface area contributed by atoms with E-state index in [1.54, 1.807) is 6.26 Å². The molecule has 0 aliphatic rings. The van der Waals surface area contributed by atoms with Crippen LogP contribution < -0.4 is 0 Å². The maximum Gasteiger partial charge on any atom is 0.134 e. The summed E-state index contributed by atoms with van der Waals surface area (Å²) in [5, 5.41) is 7.07. The highest BCUT2D eigenvalue weighted by atomic mass is 32.1. The standard InChI is InChI=1S/C25H19NOS2/c1-25(2,3)18-11-16(10-15-6-9-28-24(15)18)23-22-17-13-19-14(5-8-27-19)12-21(17)29-20(22)4-7-26-23/h4-13H,1-3H3. The van der Waals surface area contributed by atoms with E-state index in [0.717, 1.165) is 16.7 Å². The van der Waals surface area contributed by atoms with Gasteiger partial charge >= 0.3 is 0 Å². The molecule has 0 N–H and O–H groups in total. The highest BCUT2D eigenvalue weighted by Crippen LogP contribution is 2.43. The zero-order chi connectivity index (χ0) is 19.8. The molecule has 0 bridgehead atoms. The van der Waals surface area contributed by atoms with Gasteiger partial charge in [-0.1, -0.05) is 20.8 Å². The first kappa shape index (κ1) is 17.2. The Labute approximate surface area is 176 Å². The molecule has 0 amide bonds. The average molecular weight is 414 g/mol. The Hall–Kier alpha value is -2.69. The third kappa shape index (κ3) is 2.56. The van der Waals surface area contributed by atoms with Crippen LogP contribution in [0.5, 0.6) is 0 Å². The van der Waals surface area contributed by atoms with Crippen molar-refractivity contribution in [2.75, 3.05) is 0 Å². The minimum atomic E-state index is 0.0735. The molecule has 6 rings (SSSR count). The normalized spacial score (nSPS) is 12.7. The number of hydrogen-bond acceptors (Lipinski definition) is 4. The summed E-state index contributed by atoms with van der Waals surface area (Å²) in [7, 11) is 0. The minimum Gasteiger partial charge on any atom is -0.464 e. The monoisotopic (exact) mass is 413 g/mol. The number of hydrogen-bond donors (Lipinski definition) is 0. The second kappa shape index (κ2) is 5.91. The molecule has 0 saturated heterocycles. The Balaban J connectivity index is 1.72. The van der Waals surface area contributed by atoms with Gasteiger partial charge in [0.2, 0.25) is 0 Å². The van der Waals surface area contributed by atoms with E-state index >= 15 is 0 Å². The second-order valence-corrected chi connectivity index (χ2v) is 10.6. The van der Waals surface area contributed by atoms with Crippen LogP contribution in [0.4, 0.5) is 0 Å². The average Bonchev–Trinajstić information content (AvgIpc) is 3.41. The van der Waals surface area contributed by atoms with Gasteiger partial charge in [0.1, 0.15) is 5.58 Å². The lowest BCUT2D eigenvalue weighted by atomic mass is 9.85. The summed E-state index contributed by atoms with van der Waals surface area (Å²) in [6.07, 6.45) is 3.70. The summed E-state index contributed by atoms with van der Waals surface area (Å²) in [5.74, 6) is 0. The molecule has 2 aromatic carbocycles. The van der Waals surface area contributed by atoms with Gasteiger partial charge in [-0.15, -0.1) is 22.7 Å². The molecule has 0 radical (unpaired) electrons. The largest absolute Gasteiger partial charge is 0.464 e. The Bertz CT molecular complexity index is 1540. The lowest BCUT2D eigenvalue weighted by Crippen LogP contribution is -2.11. The van der Waals surface area contributed by atoms with Crippen molar-refractivity contribution >= 4 is 63.9 Å². The maximum absolute atomic E-state index is 5.69. The van der Waals surface area contributed by atoms with Gasteiger partial charge in [-0.2, -0.15) is 0 Å². The van der Waals surface area contributed by atoms with Gasteiger partial charge in [0, 0.05) is 42.0 Å². The molecule has 4 heterocycles. The SMILES string of the molecule is CC(C)(C)c1cc(-c2nccc3sc4cc5ccoc5cc4c23)cc2ccsc12. The lowest BCUT2D eigenvalue weighted by molar-refractivity contribution is 0.597. The zero-order valence-electron chi connectivity index (χ0n) is 16.4. The molecule has 0 saturated carbocycles. The fourth-order valence-electron chi connectivity index (χ4n) is 4.17. The predicted octanol–water partition coefficient (Wildman–Crippen LogP) is 8.37. The van der Waals surface area contributed by atoms with E-state index in [2.05, 4.69) is 62.5 Å². The number of aromatic nitrogens is 1. The predicted molar refractivity (Wildman–Crippen MR) is 126 cm³/mol. The highest BCUT2D eigenvalue weighted by molar-refractivity contribution is 7.26. The molecule has 142 valence electrons. The molecule has 4 aromatic heterocycles. The van der Waals surface area contributed by atoms with Crippen molar-refractivity contribution in [3.8, 4) is 11.3 Å². The highest BCUT2D eigenvalue weighted by Gasteiger charge is 2.21. The number of furan rings is 1. The van der Waals surface area contributed by atoms with Gasteiger partial charge in [0.25, 0.3) is 0 Å². The number of nitrogens with zero attached hydrogens (tertiary/aromatic N) is 1. The van der Waals surface area contributed by atoms with Gasteiger partial charge in [0.05, 0.1) is 12.0 Å². The van der Waals surface area contributed by atoms with Crippen molar-refractivity contribution in [1.82, 2.24) is 4.98 Å². The summed E-state index contributed by atoms with van der Waals surface area (Å²) in [5.41, 5.74) is 4.62. The van der Waals surface area contributed by atoms with Crippen LogP contribution in [0.1, 0.15) is 26.3 Å². The van der Waals surface area contributed by atoms with Crippen LogP contribution in [0, 0.1) is 0 Å². The van der Waals surface area contributed by atoms with Crippen molar-refractivity contribution < 1.29 is 4.42 Å². The zero-order valence-corrected chi connectivity index (χ0v) is 18.1. The first-order chi connectivity index (χ1) is 14.0. The summed E-state index contributed by atoms with van der Waals surface area (Å²) >= 11 is 3.65. The molecule has 6 aromatic rings. The summed E-state index contributed by atoms with van der Waals surface area (Å²) in [4.78, 5) is 4.86. The van der Waals surface area contributed by atoms with Crippen molar-refractivity contribution in [2.45, 2.75) is 26.2 Å². The van der Waals surface area contributed by atoms with Crippen LogP contribution in [-0.4, -0.2) is 4.98 Å². The first-order valence-electron chi connectivity index (χ1n) is 9.70. The molecule has 2 nitrogen and oxygen atoms in total. The quantitative estimate of drug-likeness (QED) is 0.270. The van der Waals surface area contributed by atoms with E-state index < -0.39 is 0 Å². The number of pyridine rings is 1. The van der Waals surface area contributed by atoms with Gasteiger partial charge in [-0.3, -0.25) is 4.98 Å². The second-order valence-electron chi connectivity index (χ2n) is 8.55. The van der Waals surface area contributed by atoms with Crippen LogP contribution in [0.3, 0.4) is 0 Å². The summed E-state index contributed by atoms with van der Waals surface area (Å²) < 4.78 is 9.60. The van der Waals surface area contributed by atoms with Gasteiger partial charge < -0.3 is 4.42 Å². The van der Waals surface area contributed by atoms with Gasteiger partial charge in [-0.05, 0) is 64.2 Å². The Morgan fingerprint density at radius 3 is 2.69 bits per heavy atom. The molecule has 29 heavy (non-hydrogen) atoms. The Morgan fingerprint density at radius 1 is 0.931 bits per heavy atom. The molecule has 0 fully saturated rings. The number of benzene rings is 2. The van der Waals surface area contributed by atoms with Crippen molar-refractivity contribution in [3.05, 3.63) is 65.9 Å². The number of fused-ring (bicyclic) bond motifs is 5. The molecule has 0 aliphatic carbocycles. The van der Waals surface area contributed by atoms with Crippen molar-refractivity contribution in [1.29, 1.82) is 0 Å².